The van der Waals surface area contributed by atoms with Crippen molar-refractivity contribution in [2.75, 3.05) is 6.26 Å². The molecule has 0 atom stereocenters. The van der Waals surface area contributed by atoms with E-state index in [1.54, 1.807) is 46.9 Å². The molecule has 8 heteroatoms. The van der Waals surface area contributed by atoms with Crippen LogP contribution in [0, 0.1) is 0 Å². The molecule has 0 amide bonds. The molecular weight excluding hydrogens is 412 g/mol. The fourth-order valence-corrected chi connectivity index (χ4v) is 4.44. The van der Waals surface area contributed by atoms with Crippen LogP contribution < -0.4 is 5.69 Å². The van der Waals surface area contributed by atoms with Crippen LogP contribution in [0.1, 0.15) is 0 Å². The van der Waals surface area contributed by atoms with Gasteiger partial charge in [-0.3, -0.25) is 19.1 Å². The van der Waals surface area contributed by atoms with Gasteiger partial charge < -0.3 is 0 Å². The zero-order valence-corrected chi connectivity index (χ0v) is 17.7. The van der Waals surface area contributed by atoms with Crippen molar-refractivity contribution in [3.63, 3.8) is 0 Å². The van der Waals surface area contributed by atoms with E-state index in [1.807, 2.05) is 30.3 Å². The van der Waals surface area contributed by atoms with E-state index in [4.69, 9.17) is 0 Å². The molecule has 0 bridgehead atoms. The smallest absolute Gasteiger partial charge is 0.295 e. The number of sulfone groups is 1. The number of nitrogens with zero attached hydrogens (tertiary/aromatic N) is 4. The van der Waals surface area contributed by atoms with Gasteiger partial charge in [-0.15, -0.1) is 0 Å². The molecule has 0 saturated heterocycles. The molecule has 0 spiro atoms. The third-order valence-corrected chi connectivity index (χ3v) is 6.54. The molecule has 3 heterocycles. The van der Waals surface area contributed by atoms with Gasteiger partial charge in [0.1, 0.15) is 0 Å². The molecule has 3 aromatic heterocycles. The van der Waals surface area contributed by atoms with Gasteiger partial charge in [0.05, 0.1) is 27.1 Å². The molecular formula is C23H18N4O3S. The molecule has 5 aromatic rings. The lowest BCUT2D eigenvalue weighted by atomic mass is 10.1. The number of aryl methyl sites for hydroxylation is 1. The number of hydrogen-bond acceptors (Lipinski definition) is 5. The number of aromatic nitrogens is 4. The first-order valence-corrected chi connectivity index (χ1v) is 11.4. The van der Waals surface area contributed by atoms with Gasteiger partial charge in [0.2, 0.25) is 0 Å². The number of imidazole rings is 1. The molecule has 0 aliphatic carbocycles. The predicted octanol–water partition coefficient (Wildman–Crippen LogP) is 3.34. The van der Waals surface area contributed by atoms with Crippen LogP contribution in [-0.4, -0.2) is 33.8 Å². The van der Waals surface area contributed by atoms with Crippen LogP contribution in [-0.2, 0) is 16.9 Å². The third-order valence-electron chi connectivity index (χ3n) is 5.42. The lowest BCUT2D eigenvalue weighted by molar-refractivity contribution is 0.602. The van der Waals surface area contributed by atoms with Crippen molar-refractivity contribution in [2.45, 2.75) is 4.90 Å². The Morgan fingerprint density at radius 1 is 0.903 bits per heavy atom. The van der Waals surface area contributed by atoms with E-state index >= 15 is 0 Å². The van der Waals surface area contributed by atoms with Gasteiger partial charge in [-0.25, -0.2) is 13.2 Å². The molecule has 2 aromatic carbocycles. The lowest BCUT2D eigenvalue weighted by Gasteiger charge is -2.08. The first-order valence-electron chi connectivity index (χ1n) is 9.56. The topological polar surface area (TPSA) is 86.9 Å². The average molecular weight is 430 g/mol. The van der Waals surface area contributed by atoms with E-state index in [2.05, 4.69) is 9.97 Å². The highest BCUT2D eigenvalue weighted by Gasteiger charge is 2.17. The van der Waals surface area contributed by atoms with Crippen molar-refractivity contribution in [1.82, 2.24) is 19.1 Å². The van der Waals surface area contributed by atoms with Crippen LogP contribution in [0.4, 0.5) is 0 Å². The minimum Gasteiger partial charge on any atom is -0.295 e. The van der Waals surface area contributed by atoms with Crippen molar-refractivity contribution >= 4 is 31.8 Å². The molecule has 0 N–H and O–H groups in total. The molecule has 0 fully saturated rings. The summed E-state index contributed by atoms with van der Waals surface area (Å²) >= 11 is 0. The molecule has 154 valence electrons. The summed E-state index contributed by atoms with van der Waals surface area (Å²) in [6, 6.07) is 15.9. The van der Waals surface area contributed by atoms with Crippen molar-refractivity contribution in [3.05, 3.63) is 83.7 Å². The van der Waals surface area contributed by atoms with Crippen LogP contribution in [0.15, 0.2) is 82.9 Å². The van der Waals surface area contributed by atoms with Crippen LogP contribution in [0.25, 0.3) is 38.8 Å². The van der Waals surface area contributed by atoms with Crippen LogP contribution in [0.2, 0.25) is 0 Å². The molecule has 31 heavy (non-hydrogen) atoms. The molecule has 0 radical (unpaired) electrons. The van der Waals surface area contributed by atoms with Gasteiger partial charge >= 0.3 is 5.69 Å². The summed E-state index contributed by atoms with van der Waals surface area (Å²) in [5.74, 6) is 0. The highest BCUT2D eigenvalue weighted by Crippen LogP contribution is 2.29. The normalized spacial score (nSPS) is 11.9. The van der Waals surface area contributed by atoms with Gasteiger partial charge in [-0.05, 0) is 60.2 Å². The fourth-order valence-electron chi connectivity index (χ4n) is 3.81. The van der Waals surface area contributed by atoms with E-state index in [0.717, 1.165) is 39.3 Å². The standard InChI is InChI=1S/C23H18N4O3S/c1-26-21-8-7-20-19(13-16(14-25-20)15-9-11-24-12-10-15)22(21)27(23(26)28)17-3-5-18(6-4-17)31(2,29)30/h3-14H,1-2H3. The minimum atomic E-state index is -3.33. The fraction of sp³-hybridized carbons (Fsp3) is 0.0870. The maximum Gasteiger partial charge on any atom is 0.333 e. The van der Waals surface area contributed by atoms with Crippen molar-refractivity contribution in [1.29, 1.82) is 0 Å². The predicted molar refractivity (Wildman–Crippen MR) is 120 cm³/mol. The van der Waals surface area contributed by atoms with Gasteiger partial charge in [0.25, 0.3) is 0 Å². The summed E-state index contributed by atoms with van der Waals surface area (Å²) in [7, 11) is -1.61. The van der Waals surface area contributed by atoms with E-state index < -0.39 is 9.84 Å². The maximum absolute atomic E-state index is 13.1. The number of hydrogen-bond donors (Lipinski definition) is 0. The van der Waals surface area contributed by atoms with Gasteiger partial charge in [0.15, 0.2) is 9.84 Å². The second kappa shape index (κ2) is 6.88. The number of fused-ring (bicyclic) bond motifs is 3. The average Bonchev–Trinajstić information content (AvgIpc) is 3.04. The third kappa shape index (κ3) is 3.12. The minimum absolute atomic E-state index is 0.205. The highest BCUT2D eigenvalue weighted by molar-refractivity contribution is 7.90. The van der Waals surface area contributed by atoms with Gasteiger partial charge in [-0.1, -0.05) is 0 Å². The Hall–Kier alpha value is -3.78. The van der Waals surface area contributed by atoms with E-state index in [0.29, 0.717) is 5.69 Å². The first kappa shape index (κ1) is 19.2. The Bertz CT molecular complexity index is 1620. The molecule has 0 unspecified atom stereocenters. The summed E-state index contributed by atoms with van der Waals surface area (Å²) in [6.45, 7) is 0. The Labute approximate surface area is 178 Å². The second-order valence-corrected chi connectivity index (χ2v) is 9.42. The Balaban J connectivity index is 1.83. The summed E-state index contributed by atoms with van der Waals surface area (Å²) in [5.41, 5.74) is 4.51. The first-order chi connectivity index (χ1) is 14.8. The van der Waals surface area contributed by atoms with E-state index in [1.165, 1.54) is 12.1 Å². The SMILES string of the molecule is Cn1c(=O)n(-c2ccc(S(C)(=O)=O)cc2)c2c3cc(-c4ccncc4)cnc3ccc21. The Morgan fingerprint density at radius 2 is 1.61 bits per heavy atom. The monoisotopic (exact) mass is 430 g/mol. The van der Waals surface area contributed by atoms with Crippen molar-refractivity contribution < 1.29 is 8.42 Å². The molecule has 5 rings (SSSR count). The van der Waals surface area contributed by atoms with Gasteiger partial charge in [-0.2, -0.15) is 0 Å². The Kier molecular flexibility index (Phi) is 4.26. The van der Waals surface area contributed by atoms with Crippen molar-refractivity contribution in [2.24, 2.45) is 7.05 Å². The second-order valence-electron chi connectivity index (χ2n) is 7.40. The summed E-state index contributed by atoms with van der Waals surface area (Å²) in [4.78, 5) is 22.0. The largest absolute Gasteiger partial charge is 0.333 e. The number of rotatable bonds is 3. The summed E-state index contributed by atoms with van der Waals surface area (Å²) in [6.07, 6.45) is 6.41. The number of benzene rings is 2. The molecule has 0 aliphatic rings. The van der Waals surface area contributed by atoms with Crippen LogP contribution in [0.5, 0.6) is 0 Å². The highest BCUT2D eigenvalue weighted by atomic mass is 32.2. The molecule has 0 aliphatic heterocycles. The zero-order valence-electron chi connectivity index (χ0n) is 16.9. The molecule has 7 nitrogen and oxygen atoms in total. The Morgan fingerprint density at radius 3 is 2.29 bits per heavy atom. The summed E-state index contributed by atoms with van der Waals surface area (Å²) < 4.78 is 26.8. The summed E-state index contributed by atoms with van der Waals surface area (Å²) in [5, 5.41) is 0.830. The van der Waals surface area contributed by atoms with Crippen LogP contribution >= 0.6 is 0 Å². The van der Waals surface area contributed by atoms with Gasteiger partial charge in [0, 0.05) is 42.8 Å². The molecule has 0 saturated carbocycles. The quantitative estimate of drug-likeness (QED) is 0.438. The van der Waals surface area contributed by atoms with E-state index in [-0.39, 0.29) is 10.6 Å². The van der Waals surface area contributed by atoms with E-state index in [9.17, 15) is 13.2 Å². The zero-order chi connectivity index (χ0) is 21.8. The number of pyridine rings is 2. The maximum atomic E-state index is 13.1. The lowest BCUT2D eigenvalue weighted by Crippen LogP contribution is -2.20. The van der Waals surface area contributed by atoms with Crippen molar-refractivity contribution in [3.8, 4) is 16.8 Å². The van der Waals surface area contributed by atoms with Crippen LogP contribution in [0.3, 0.4) is 0 Å².